The molecule has 158 valence electrons. The number of benzene rings is 1. The Hall–Kier alpha value is -1.91. The van der Waals surface area contributed by atoms with Crippen LogP contribution in [0.5, 0.6) is 0 Å². The normalized spacial score (nSPS) is 31.0. The van der Waals surface area contributed by atoms with Gasteiger partial charge in [0.2, 0.25) is 11.8 Å². The zero-order valence-corrected chi connectivity index (χ0v) is 17.8. The summed E-state index contributed by atoms with van der Waals surface area (Å²) in [5, 5.41) is 3.13. The Morgan fingerprint density at radius 1 is 1.10 bits per heavy atom. The van der Waals surface area contributed by atoms with Crippen LogP contribution < -0.4 is 5.32 Å². The minimum atomic E-state index is -0.577. The quantitative estimate of drug-likeness (QED) is 0.780. The van der Waals surface area contributed by atoms with Crippen molar-refractivity contribution < 1.29 is 14.0 Å². The van der Waals surface area contributed by atoms with Gasteiger partial charge in [0, 0.05) is 24.6 Å². The summed E-state index contributed by atoms with van der Waals surface area (Å²) in [7, 11) is 1.68. The van der Waals surface area contributed by atoms with E-state index in [9.17, 15) is 14.0 Å². The second-order valence-corrected chi connectivity index (χ2v) is 10.2. The number of rotatable bonds is 6. The first kappa shape index (κ1) is 20.4. The summed E-state index contributed by atoms with van der Waals surface area (Å²) in [6.45, 7) is 4.11. The van der Waals surface area contributed by atoms with Gasteiger partial charge in [-0.3, -0.25) is 9.59 Å². The molecule has 5 rings (SSSR count). The van der Waals surface area contributed by atoms with E-state index in [0.717, 1.165) is 19.3 Å². The number of carbonyl (C=O) groups is 2. The van der Waals surface area contributed by atoms with Crippen molar-refractivity contribution in [2.75, 3.05) is 7.05 Å². The van der Waals surface area contributed by atoms with Gasteiger partial charge >= 0.3 is 0 Å². The van der Waals surface area contributed by atoms with Crippen molar-refractivity contribution in [3.05, 3.63) is 35.6 Å². The number of likely N-dealkylation sites (N-methyl/N-ethyl adjacent to an activating group) is 1. The number of amides is 2. The van der Waals surface area contributed by atoms with Gasteiger partial charge in [-0.15, -0.1) is 0 Å². The summed E-state index contributed by atoms with van der Waals surface area (Å²) < 4.78 is 14.0. The second kappa shape index (κ2) is 7.73. The third-order valence-electron chi connectivity index (χ3n) is 7.48. The highest BCUT2D eigenvalue weighted by atomic mass is 19.1. The van der Waals surface area contributed by atoms with Crippen LogP contribution in [-0.4, -0.2) is 29.8 Å². The van der Waals surface area contributed by atoms with Gasteiger partial charge < -0.3 is 10.2 Å². The van der Waals surface area contributed by atoms with E-state index in [-0.39, 0.29) is 35.5 Å². The number of hydrogen-bond acceptors (Lipinski definition) is 2. The van der Waals surface area contributed by atoms with Gasteiger partial charge in [-0.1, -0.05) is 32.0 Å². The van der Waals surface area contributed by atoms with Crippen LogP contribution in [0.15, 0.2) is 24.3 Å². The van der Waals surface area contributed by atoms with Gasteiger partial charge in [0.15, 0.2) is 0 Å². The molecule has 4 saturated carbocycles. The Balaban J connectivity index is 1.45. The van der Waals surface area contributed by atoms with Gasteiger partial charge in [0.05, 0.1) is 0 Å². The van der Waals surface area contributed by atoms with Gasteiger partial charge in [0.1, 0.15) is 11.9 Å². The number of nitrogens with zero attached hydrogens (tertiary/aromatic N) is 1. The number of nitrogens with one attached hydrogen (secondary N) is 1. The van der Waals surface area contributed by atoms with E-state index in [2.05, 4.69) is 5.32 Å². The monoisotopic (exact) mass is 400 g/mol. The first-order valence-electron chi connectivity index (χ1n) is 11.1. The first-order valence-corrected chi connectivity index (χ1v) is 11.1. The van der Waals surface area contributed by atoms with E-state index in [0.29, 0.717) is 23.3 Å². The molecule has 0 aromatic heterocycles. The molecule has 29 heavy (non-hydrogen) atoms. The Bertz CT molecular complexity index is 756. The van der Waals surface area contributed by atoms with Crippen molar-refractivity contribution in [2.24, 2.45) is 29.1 Å². The Labute approximate surface area is 173 Å². The van der Waals surface area contributed by atoms with Gasteiger partial charge in [-0.05, 0) is 68.3 Å². The van der Waals surface area contributed by atoms with Gasteiger partial charge in [0.25, 0.3) is 0 Å². The van der Waals surface area contributed by atoms with Crippen LogP contribution in [0, 0.1) is 34.9 Å². The molecule has 4 bridgehead atoms. The first-order chi connectivity index (χ1) is 13.8. The molecule has 1 N–H and O–H groups in total. The maximum absolute atomic E-state index is 14.0. The minimum Gasteiger partial charge on any atom is -0.344 e. The van der Waals surface area contributed by atoms with Crippen molar-refractivity contribution >= 4 is 11.8 Å². The molecule has 1 aromatic carbocycles. The van der Waals surface area contributed by atoms with Crippen LogP contribution in [0.4, 0.5) is 4.39 Å². The minimum absolute atomic E-state index is 0.0246. The molecule has 4 nitrogen and oxygen atoms in total. The summed E-state index contributed by atoms with van der Waals surface area (Å²) in [5.74, 6) is 1.63. The third-order valence-corrected chi connectivity index (χ3v) is 7.48. The van der Waals surface area contributed by atoms with E-state index in [4.69, 9.17) is 0 Å². The molecule has 0 spiro atoms. The van der Waals surface area contributed by atoms with Gasteiger partial charge in [-0.25, -0.2) is 4.39 Å². The standard InChI is InChI=1S/C24H33FN2O2/c1-15(2)21(22(28)27(3)14-19-6-4-5-7-20(19)25)26-23(29)24-11-16-8-17(12-24)10-18(9-16)13-24/h4-7,15-18,21H,8-14H2,1-3H3,(H,26,29). The molecule has 4 aliphatic rings. The topological polar surface area (TPSA) is 49.4 Å². The molecule has 5 heteroatoms. The third kappa shape index (κ3) is 3.93. The molecule has 0 aliphatic heterocycles. The number of halogens is 1. The van der Waals surface area contributed by atoms with Crippen LogP contribution in [0.25, 0.3) is 0 Å². The number of hydrogen-bond donors (Lipinski definition) is 1. The fourth-order valence-electron chi connectivity index (χ4n) is 6.39. The molecule has 0 radical (unpaired) electrons. The van der Waals surface area contributed by atoms with E-state index >= 15 is 0 Å². The average Bonchev–Trinajstić information content (AvgIpc) is 2.65. The summed E-state index contributed by atoms with van der Waals surface area (Å²) in [4.78, 5) is 28.1. The van der Waals surface area contributed by atoms with E-state index in [1.165, 1.54) is 30.2 Å². The number of carbonyl (C=O) groups excluding carboxylic acids is 2. The summed E-state index contributed by atoms with van der Waals surface area (Å²) in [5.41, 5.74) is 0.213. The SMILES string of the molecule is CC(C)C(NC(=O)C12CC3CC(CC(C3)C1)C2)C(=O)N(C)Cc1ccccc1F. The highest BCUT2D eigenvalue weighted by Crippen LogP contribution is 2.60. The van der Waals surface area contributed by atoms with E-state index < -0.39 is 6.04 Å². The Morgan fingerprint density at radius 2 is 1.66 bits per heavy atom. The Kier molecular flexibility index (Phi) is 5.43. The molecule has 4 aliphatic carbocycles. The maximum atomic E-state index is 14.0. The van der Waals surface area contributed by atoms with Crippen LogP contribution >= 0.6 is 0 Å². The predicted molar refractivity (Wildman–Crippen MR) is 110 cm³/mol. The summed E-state index contributed by atoms with van der Waals surface area (Å²) >= 11 is 0. The predicted octanol–water partition coefficient (Wildman–Crippen LogP) is 4.14. The van der Waals surface area contributed by atoms with Crippen molar-refractivity contribution in [1.82, 2.24) is 10.2 Å². The van der Waals surface area contributed by atoms with Crippen molar-refractivity contribution in [1.29, 1.82) is 0 Å². The maximum Gasteiger partial charge on any atom is 0.245 e. The van der Waals surface area contributed by atoms with Crippen LogP contribution in [0.2, 0.25) is 0 Å². The molecule has 2 amide bonds. The Morgan fingerprint density at radius 3 is 2.17 bits per heavy atom. The zero-order chi connectivity index (χ0) is 20.8. The smallest absolute Gasteiger partial charge is 0.245 e. The molecule has 4 fully saturated rings. The second-order valence-electron chi connectivity index (χ2n) is 10.2. The fourth-order valence-corrected chi connectivity index (χ4v) is 6.39. The molecule has 1 atom stereocenters. The molecule has 1 unspecified atom stereocenters. The highest BCUT2D eigenvalue weighted by Gasteiger charge is 2.55. The zero-order valence-electron chi connectivity index (χ0n) is 17.8. The summed E-state index contributed by atoms with van der Waals surface area (Å²) in [6.07, 6.45) is 6.79. The lowest BCUT2D eigenvalue weighted by atomic mass is 9.49. The van der Waals surface area contributed by atoms with Gasteiger partial charge in [-0.2, -0.15) is 0 Å². The van der Waals surface area contributed by atoms with Crippen LogP contribution in [-0.2, 0) is 16.1 Å². The molecular formula is C24H33FN2O2. The summed E-state index contributed by atoms with van der Waals surface area (Å²) in [6, 6.07) is 5.93. The molecular weight excluding hydrogens is 367 g/mol. The van der Waals surface area contributed by atoms with Crippen molar-refractivity contribution in [3.63, 3.8) is 0 Å². The average molecular weight is 401 g/mol. The lowest BCUT2D eigenvalue weighted by Gasteiger charge is -2.56. The molecule has 1 aromatic rings. The highest BCUT2D eigenvalue weighted by molar-refractivity contribution is 5.90. The lowest BCUT2D eigenvalue weighted by Crippen LogP contribution is -2.58. The largest absolute Gasteiger partial charge is 0.344 e. The van der Waals surface area contributed by atoms with Crippen molar-refractivity contribution in [3.8, 4) is 0 Å². The van der Waals surface area contributed by atoms with Crippen molar-refractivity contribution in [2.45, 2.75) is 65.0 Å². The molecule has 0 heterocycles. The fraction of sp³-hybridized carbons (Fsp3) is 0.667. The molecule has 0 saturated heterocycles. The van der Waals surface area contributed by atoms with E-state index in [1.807, 2.05) is 13.8 Å². The lowest BCUT2D eigenvalue weighted by molar-refractivity contribution is -0.150. The van der Waals surface area contributed by atoms with Crippen LogP contribution in [0.3, 0.4) is 0 Å². The van der Waals surface area contributed by atoms with E-state index in [1.54, 1.807) is 25.2 Å². The van der Waals surface area contributed by atoms with Crippen LogP contribution in [0.1, 0.15) is 57.9 Å².